The van der Waals surface area contributed by atoms with Gasteiger partial charge in [0, 0.05) is 11.0 Å². The van der Waals surface area contributed by atoms with Gasteiger partial charge in [0.1, 0.15) is 24.2 Å². The van der Waals surface area contributed by atoms with Crippen LogP contribution in [0.4, 0.5) is 4.79 Å². The van der Waals surface area contributed by atoms with Crippen molar-refractivity contribution in [2.75, 3.05) is 13.7 Å². The van der Waals surface area contributed by atoms with Crippen molar-refractivity contribution < 1.29 is 37.9 Å². The molecule has 176 valence electrons. The molecule has 1 N–H and O–H groups in total. The van der Waals surface area contributed by atoms with E-state index in [2.05, 4.69) is 5.32 Å². The number of amides is 1. The fourth-order valence-corrected chi connectivity index (χ4v) is 2.94. The molecule has 32 heavy (non-hydrogen) atoms. The third kappa shape index (κ3) is 6.01. The van der Waals surface area contributed by atoms with Crippen molar-refractivity contribution in [1.82, 2.24) is 5.32 Å². The molecule has 0 unspecified atom stereocenters. The molecular weight excluding hydrogens is 417 g/mol. The lowest BCUT2D eigenvalue weighted by Gasteiger charge is -2.32. The highest BCUT2D eigenvalue weighted by molar-refractivity contribution is 6.64. The molecule has 0 bridgehead atoms. The first kappa shape index (κ1) is 25.7. The van der Waals surface area contributed by atoms with Gasteiger partial charge < -0.3 is 28.8 Å². The number of ether oxygens (including phenoxy) is 3. The molecule has 1 aromatic carbocycles. The molecule has 0 aliphatic carbocycles. The second kappa shape index (κ2) is 9.50. The van der Waals surface area contributed by atoms with Crippen LogP contribution in [0.5, 0.6) is 5.75 Å². The number of alkyl carbamates (subject to hydrolysis) is 1. The van der Waals surface area contributed by atoms with Gasteiger partial charge in [-0.2, -0.15) is 0 Å². The van der Waals surface area contributed by atoms with Gasteiger partial charge in [0.15, 0.2) is 6.04 Å². The molecule has 1 aliphatic rings. The minimum absolute atomic E-state index is 0.263. The van der Waals surface area contributed by atoms with Crippen LogP contribution in [-0.4, -0.2) is 62.0 Å². The van der Waals surface area contributed by atoms with Crippen LogP contribution < -0.4 is 15.5 Å². The maximum atomic E-state index is 12.2. The Labute approximate surface area is 189 Å². The predicted molar refractivity (Wildman–Crippen MR) is 118 cm³/mol. The van der Waals surface area contributed by atoms with Crippen molar-refractivity contribution in [3.63, 3.8) is 0 Å². The molecule has 0 aromatic heterocycles. The van der Waals surface area contributed by atoms with Crippen molar-refractivity contribution in [2.24, 2.45) is 0 Å². The van der Waals surface area contributed by atoms with Gasteiger partial charge in [0.05, 0.1) is 18.3 Å². The fraction of sp³-hybridized carbons (Fsp3) is 0.591. The molecule has 1 fully saturated rings. The van der Waals surface area contributed by atoms with E-state index >= 15 is 0 Å². The van der Waals surface area contributed by atoms with Crippen LogP contribution in [0.15, 0.2) is 18.2 Å². The third-order valence-corrected chi connectivity index (χ3v) is 5.30. The first-order chi connectivity index (χ1) is 14.7. The smallest absolute Gasteiger partial charge is 0.491 e. The van der Waals surface area contributed by atoms with Gasteiger partial charge in [-0.05, 0) is 54.5 Å². The second-order valence-electron chi connectivity index (χ2n) is 9.50. The first-order valence-electron chi connectivity index (χ1n) is 10.3. The van der Waals surface area contributed by atoms with Crippen molar-refractivity contribution in [3.05, 3.63) is 23.8 Å². The van der Waals surface area contributed by atoms with Gasteiger partial charge in [-0.15, -0.1) is 0 Å². The van der Waals surface area contributed by atoms with Crippen molar-refractivity contribution >= 4 is 30.9 Å². The van der Waals surface area contributed by atoms with E-state index in [1.807, 2.05) is 27.7 Å². The molecular formula is C22H32BNO8. The quantitative estimate of drug-likeness (QED) is 0.384. The summed E-state index contributed by atoms with van der Waals surface area (Å²) in [5.41, 5.74) is -1.26. The number of carbonyl (C=O) groups excluding carboxylic acids is 3. The van der Waals surface area contributed by atoms with Crippen LogP contribution in [0.3, 0.4) is 0 Å². The van der Waals surface area contributed by atoms with Crippen LogP contribution >= 0.6 is 0 Å². The van der Waals surface area contributed by atoms with Crippen molar-refractivity contribution in [2.45, 2.75) is 71.3 Å². The highest BCUT2D eigenvalue weighted by Gasteiger charge is 2.53. The Balaban J connectivity index is 2.27. The summed E-state index contributed by atoms with van der Waals surface area (Å²) >= 11 is 0. The highest BCUT2D eigenvalue weighted by Crippen LogP contribution is 2.37. The summed E-state index contributed by atoms with van der Waals surface area (Å²) in [6.45, 7) is 12.4. The van der Waals surface area contributed by atoms with E-state index in [1.165, 1.54) is 7.11 Å². The topological polar surface area (TPSA) is 109 Å². The van der Waals surface area contributed by atoms with E-state index in [1.54, 1.807) is 39.0 Å². The number of benzene rings is 1. The summed E-state index contributed by atoms with van der Waals surface area (Å²) in [6, 6.07) is 3.76. The third-order valence-electron chi connectivity index (χ3n) is 5.30. The molecule has 2 rings (SSSR count). The van der Waals surface area contributed by atoms with Gasteiger partial charge in [0.2, 0.25) is 0 Å². The summed E-state index contributed by atoms with van der Waals surface area (Å²) in [5.74, 6) is -0.424. The number of methoxy groups -OCH3 is 1. The van der Waals surface area contributed by atoms with Gasteiger partial charge in [-0.3, -0.25) is 4.79 Å². The fourth-order valence-electron chi connectivity index (χ4n) is 2.94. The van der Waals surface area contributed by atoms with Crippen molar-refractivity contribution in [1.29, 1.82) is 0 Å². The van der Waals surface area contributed by atoms with Crippen molar-refractivity contribution in [3.8, 4) is 5.75 Å². The standard InChI is InChI=1S/C22H32BNO8/c1-20(2,3)30-19(27)24-15(18(26)28-8)13-29-16-11-9-10-14(12-25)17(16)23-31-21(4,5)22(6,7)32-23/h9-12,15H,13H2,1-8H3,(H,24,27)/t15-/m0/s1. The largest absolute Gasteiger partial charge is 0.499 e. The number of aldehydes is 1. The Hall–Kier alpha value is -2.59. The maximum absolute atomic E-state index is 12.2. The van der Waals surface area contributed by atoms with Gasteiger partial charge in [0.25, 0.3) is 0 Å². The van der Waals surface area contributed by atoms with Crippen LogP contribution in [0.2, 0.25) is 0 Å². The minimum atomic E-state index is -1.14. The number of carbonyl (C=O) groups is 3. The number of hydrogen-bond donors (Lipinski definition) is 1. The van der Waals surface area contributed by atoms with Crippen LogP contribution in [-0.2, 0) is 23.6 Å². The van der Waals surface area contributed by atoms with E-state index in [-0.39, 0.29) is 12.4 Å². The molecule has 0 spiro atoms. The van der Waals surface area contributed by atoms with E-state index in [4.69, 9.17) is 23.5 Å². The molecule has 1 aliphatic heterocycles. The van der Waals surface area contributed by atoms with E-state index in [0.29, 0.717) is 17.3 Å². The van der Waals surface area contributed by atoms with Gasteiger partial charge >= 0.3 is 19.2 Å². The molecule has 9 nitrogen and oxygen atoms in total. The normalized spacial score (nSPS) is 17.9. The first-order valence-corrected chi connectivity index (χ1v) is 10.3. The molecule has 1 saturated heterocycles. The Kier molecular flexibility index (Phi) is 7.62. The Morgan fingerprint density at radius 3 is 2.25 bits per heavy atom. The zero-order chi connectivity index (χ0) is 24.3. The molecule has 0 saturated carbocycles. The highest BCUT2D eigenvalue weighted by atomic mass is 16.7. The number of rotatable bonds is 7. The summed E-state index contributed by atoms with van der Waals surface area (Å²) in [7, 11) is 0.348. The lowest BCUT2D eigenvalue weighted by molar-refractivity contribution is -0.143. The van der Waals surface area contributed by atoms with Gasteiger partial charge in [-0.25, -0.2) is 9.59 Å². The number of esters is 1. The molecule has 1 aromatic rings. The Bertz CT molecular complexity index is 846. The van der Waals surface area contributed by atoms with Crippen LogP contribution in [0, 0.1) is 0 Å². The predicted octanol–water partition coefficient (Wildman–Crippen LogP) is 2.24. The lowest BCUT2D eigenvalue weighted by atomic mass is 9.75. The zero-order valence-electron chi connectivity index (χ0n) is 19.9. The van der Waals surface area contributed by atoms with Crippen LogP contribution in [0.1, 0.15) is 58.8 Å². The summed E-state index contributed by atoms with van der Waals surface area (Å²) in [5, 5.41) is 2.45. The van der Waals surface area contributed by atoms with E-state index in [9.17, 15) is 14.4 Å². The molecule has 10 heteroatoms. The van der Waals surface area contributed by atoms with Gasteiger partial charge in [-0.1, -0.05) is 12.1 Å². The van der Waals surface area contributed by atoms with Crippen LogP contribution in [0.25, 0.3) is 0 Å². The number of nitrogens with one attached hydrogen (secondary N) is 1. The average molecular weight is 449 g/mol. The summed E-state index contributed by atoms with van der Waals surface area (Å²) in [4.78, 5) is 36.0. The SMILES string of the molecule is COC(=O)[C@H](COc1cccc(C=O)c1B1OC(C)(C)C(C)(C)O1)NC(=O)OC(C)(C)C. The molecule has 0 radical (unpaired) electrons. The molecule has 1 heterocycles. The maximum Gasteiger partial charge on any atom is 0.499 e. The summed E-state index contributed by atoms with van der Waals surface area (Å²) < 4.78 is 28.0. The second-order valence-corrected chi connectivity index (χ2v) is 9.50. The lowest BCUT2D eigenvalue weighted by Crippen LogP contribution is -2.47. The summed E-state index contributed by atoms with van der Waals surface area (Å²) in [6.07, 6.45) is -0.103. The Morgan fingerprint density at radius 1 is 1.16 bits per heavy atom. The van der Waals surface area contributed by atoms with E-state index in [0.717, 1.165) is 0 Å². The van der Waals surface area contributed by atoms with E-state index < -0.39 is 42.0 Å². The monoisotopic (exact) mass is 449 g/mol. The minimum Gasteiger partial charge on any atom is -0.491 e. The number of hydrogen-bond acceptors (Lipinski definition) is 8. The zero-order valence-corrected chi connectivity index (χ0v) is 19.9. The molecule has 1 amide bonds. The molecule has 1 atom stereocenters. The Morgan fingerprint density at radius 2 is 1.75 bits per heavy atom. The average Bonchev–Trinajstić information content (AvgIpc) is 2.89.